The zero-order valence-electron chi connectivity index (χ0n) is 11.0. The molecule has 4 nitrogen and oxygen atoms in total. The summed E-state index contributed by atoms with van der Waals surface area (Å²) in [5, 5.41) is 14.9. The molecule has 0 rings (SSSR count). The summed E-state index contributed by atoms with van der Waals surface area (Å²) in [5.41, 5.74) is -0.141. The summed E-state index contributed by atoms with van der Waals surface area (Å²) >= 11 is 0. The lowest BCUT2D eigenvalue weighted by Crippen LogP contribution is -2.48. The maximum Gasteiger partial charge on any atom is 0.234 e. The first-order chi connectivity index (χ1) is 7.45. The highest BCUT2D eigenvalue weighted by Crippen LogP contribution is 2.06. The van der Waals surface area contributed by atoms with Gasteiger partial charge in [-0.1, -0.05) is 13.8 Å². The maximum atomic E-state index is 11.6. The van der Waals surface area contributed by atoms with Crippen LogP contribution in [0.5, 0.6) is 0 Å². The fraction of sp³-hybridized carbons (Fsp3) is 0.917. The van der Waals surface area contributed by atoms with E-state index in [1.54, 1.807) is 0 Å². The monoisotopic (exact) mass is 230 g/mol. The maximum absolute atomic E-state index is 11.6. The summed E-state index contributed by atoms with van der Waals surface area (Å²) in [7, 11) is 0. The molecule has 4 heteroatoms. The highest BCUT2D eigenvalue weighted by atomic mass is 16.3. The zero-order valence-corrected chi connectivity index (χ0v) is 11.0. The van der Waals surface area contributed by atoms with E-state index in [9.17, 15) is 4.79 Å². The van der Waals surface area contributed by atoms with Crippen molar-refractivity contribution in [2.75, 3.05) is 13.2 Å². The summed E-state index contributed by atoms with van der Waals surface area (Å²) in [6, 6.07) is 0.223. The summed E-state index contributed by atoms with van der Waals surface area (Å²) in [5.74, 6) is 0.0169. The van der Waals surface area contributed by atoms with E-state index in [1.165, 1.54) is 0 Å². The first-order valence-corrected chi connectivity index (χ1v) is 6.10. The Morgan fingerprint density at radius 1 is 1.38 bits per heavy atom. The van der Waals surface area contributed by atoms with E-state index in [-0.39, 0.29) is 24.1 Å². The molecule has 0 saturated heterocycles. The van der Waals surface area contributed by atoms with Crippen LogP contribution in [0.1, 0.15) is 47.0 Å². The molecule has 0 spiro atoms. The Kier molecular flexibility index (Phi) is 7.34. The Hall–Kier alpha value is -0.610. The molecule has 96 valence electrons. The van der Waals surface area contributed by atoms with Crippen LogP contribution in [0.2, 0.25) is 0 Å². The van der Waals surface area contributed by atoms with Gasteiger partial charge in [0, 0.05) is 18.2 Å². The van der Waals surface area contributed by atoms with E-state index in [1.807, 2.05) is 27.7 Å². The van der Waals surface area contributed by atoms with Crippen LogP contribution in [0, 0.1) is 0 Å². The van der Waals surface area contributed by atoms with Gasteiger partial charge in [-0.2, -0.15) is 0 Å². The molecule has 3 N–H and O–H groups in total. The van der Waals surface area contributed by atoms with Gasteiger partial charge < -0.3 is 15.7 Å². The summed E-state index contributed by atoms with van der Waals surface area (Å²) in [6.07, 6.45) is 2.53. The van der Waals surface area contributed by atoms with E-state index in [2.05, 4.69) is 10.6 Å². The van der Waals surface area contributed by atoms with Crippen molar-refractivity contribution < 1.29 is 9.90 Å². The van der Waals surface area contributed by atoms with Gasteiger partial charge in [0.1, 0.15) is 0 Å². The number of nitrogens with one attached hydrogen (secondary N) is 2. The minimum absolute atomic E-state index is 0.0169. The van der Waals surface area contributed by atoms with E-state index < -0.39 is 0 Å². The summed E-state index contributed by atoms with van der Waals surface area (Å²) < 4.78 is 0. The molecular weight excluding hydrogens is 204 g/mol. The van der Waals surface area contributed by atoms with Gasteiger partial charge in [-0.05, 0) is 33.1 Å². The molecule has 0 aliphatic carbocycles. The normalized spacial score (nSPS) is 13.6. The first-order valence-electron chi connectivity index (χ1n) is 6.10. The van der Waals surface area contributed by atoms with Gasteiger partial charge in [0.05, 0.1) is 6.54 Å². The van der Waals surface area contributed by atoms with Crippen LogP contribution in [-0.2, 0) is 4.79 Å². The van der Waals surface area contributed by atoms with Crippen molar-refractivity contribution in [3.05, 3.63) is 0 Å². The van der Waals surface area contributed by atoms with Gasteiger partial charge in [0.25, 0.3) is 0 Å². The van der Waals surface area contributed by atoms with E-state index >= 15 is 0 Å². The molecule has 0 aliphatic rings. The predicted molar refractivity (Wildman–Crippen MR) is 66.3 cm³/mol. The molecule has 1 atom stereocenters. The highest BCUT2D eigenvalue weighted by molar-refractivity contribution is 5.78. The van der Waals surface area contributed by atoms with Crippen LogP contribution in [0.3, 0.4) is 0 Å². The van der Waals surface area contributed by atoms with Crippen LogP contribution in [0.25, 0.3) is 0 Å². The Morgan fingerprint density at radius 3 is 2.44 bits per heavy atom. The lowest BCUT2D eigenvalue weighted by atomic mass is 10.0. The van der Waals surface area contributed by atoms with Gasteiger partial charge in [-0.15, -0.1) is 0 Å². The number of rotatable bonds is 8. The predicted octanol–water partition coefficient (Wildman–Crippen LogP) is 1.04. The second-order valence-corrected chi connectivity index (χ2v) is 4.78. The van der Waals surface area contributed by atoms with Crippen molar-refractivity contribution in [1.29, 1.82) is 0 Å². The van der Waals surface area contributed by atoms with Gasteiger partial charge >= 0.3 is 0 Å². The molecule has 0 saturated carbocycles. The van der Waals surface area contributed by atoms with Gasteiger partial charge in [-0.3, -0.25) is 4.79 Å². The molecule has 16 heavy (non-hydrogen) atoms. The molecular formula is C12H26N2O2. The Bertz CT molecular complexity index is 205. The number of aliphatic hydroxyl groups excluding tert-OH is 1. The number of hydrogen-bond acceptors (Lipinski definition) is 3. The van der Waals surface area contributed by atoms with Crippen molar-refractivity contribution in [3.63, 3.8) is 0 Å². The van der Waals surface area contributed by atoms with Crippen molar-refractivity contribution in [1.82, 2.24) is 10.6 Å². The fourth-order valence-corrected chi connectivity index (χ4v) is 1.35. The van der Waals surface area contributed by atoms with Crippen molar-refractivity contribution in [2.24, 2.45) is 0 Å². The minimum Gasteiger partial charge on any atom is -0.396 e. The smallest absolute Gasteiger partial charge is 0.234 e. The molecule has 0 fully saturated rings. The number of amides is 1. The molecule has 0 aromatic carbocycles. The first kappa shape index (κ1) is 15.4. The minimum atomic E-state index is -0.141. The fourth-order valence-electron chi connectivity index (χ4n) is 1.35. The van der Waals surface area contributed by atoms with Crippen molar-refractivity contribution in [2.45, 2.75) is 58.5 Å². The number of carbonyl (C=O) groups is 1. The van der Waals surface area contributed by atoms with Gasteiger partial charge in [0.15, 0.2) is 0 Å². The van der Waals surface area contributed by atoms with Crippen molar-refractivity contribution in [3.8, 4) is 0 Å². The second kappa shape index (κ2) is 7.63. The van der Waals surface area contributed by atoms with Crippen LogP contribution < -0.4 is 10.6 Å². The highest BCUT2D eigenvalue weighted by Gasteiger charge is 2.17. The van der Waals surface area contributed by atoms with Crippen LogP contribution in [0.15, 0.2) is 0 Å². The number of carbonyl (C=O) groups excluding carboxylic acids is 1. The van der Waals surface area contributed by atoms with Gasteiger partial charge in [0.2, 0.25) is 5.91 Å². The topological polar surface area (TPSA) is 61.4 Å². The van der Waals surface area contributed by atoms with Crippen LogP contribution in [0.4, 0.5) is 0 Å². The molecule has 0 bridgehead atoms. The average Bonchev–Trinajstić information content (AvgIpc) is 2.23. The molecule has 0 heterocycles. The summed E-state index contributed by atoms with van der Waals surface area (Å²) in [4.78, 5) is 11.6. The molecule has 0 aliphatic heterocycles. The zero-order chi connectivity index (χ0) is 12.6. The Labute approximate surface area is 98.8 Å². The van der Waals surface area contributed by atoms with E-state index in [0.717, 1.165) is 12.8 Å². The van der Waals surface area contributed by atoms with Crippen LogP contribution in [-0.4, -0.2) is 35.7 Å². The molecule has 1 unspecified atom stereocenters. The largest absolute Gasteiger partial charge is 0.396 e. The standard InChI is InChI=1S/C12H26N2O2/c1-5-10(7-8-15)13-9-11(16)14-12(3,4)6-2/h10,13,15H,5-9H2,1-4H3,(H,14,16). The quantitative estimate of drug-likeness (QED) is 0.584. The van der Waals surface area contributed by atoms with E-state index in [4.69, 9.17) is 5.11 Å². The number of hydrogen-bond donors (Lipinski definition) is 3. The van der Waals surface area contributed by atoms with E-state index in [0.29, 0.717) is 13.0 Å². The van der Waals surface area contributed by atoms with Gasteiger partial charge in [-0.25, -0.2) is 0 Å². The third-order valence-corrected chi connectivity index (χ3v) is 2.88. The Balaban J connectivity index is 3.88. The summed E-state index contributed by atoms with van der Waals surface area (Å²) in [6.45, 7) is 8.59. The van der Waals surface area contributed by atoms with Crippen molar-refractivity contribution >= 4 is 5.91 Å². The third-order valence-electron chi connectivity index (χ3n) is 2.88. The molecule has 1 amide bonds. The lowest BCUT2D eigenvalue weighted by Gasteiger charge is -2.25. The molecule has 0 aromatic heterocycles. The number of aliphatic hydroxyl groups is 1. The average molecular weight is 230 g/mol. The third kappa shape index (κ3) is 6.80. The van der Waals surface area contributed by atoms with Crippen LogP contribution >= 0.6 is 0 Å². The molecule has 0 aromatic rings. The Morgan fingerprint density at radius 2 is 2.00 bits per heavy atom. The second-order valence-electron chi connectivity index (χ2n) is 4.78. The lowest BCUT2D eigenvalue weighted by molar-refractivity contribution is -0.122. The molecule has 0 radical (unpaired) electrons. The SMILES string of the molecule is CCC(CCO)NCC(=O)NC(C)(C)CC.